The molecule has 0 bridgehead atoms. The number of hydrogen-bond acceptors (Lipinski definition) is 3. The van der Waals surface area contributed by atoms with Crippen LogP contribution in [0.2, 0.25) is 13.1 Å². The van der Waals surface area contributed by atoms with Crippen LogP contribution in [0.3, 0.4) is 0 Å². The van der Waals surface area contributed by atoms with Gasteiger partial charge in [0.1, 0.15) is 5.75 Å². The number of hydrogen-bond donors (Lipinski definition) is 0. The van der Waals surface area contributed by atoms with E-state index in [0.717, 1.165) is 16.9 Å². The Labute approximate surface area is 115 Å². The van der Waals surface area contributed by atoms with E-state index < -0.39 is 9.04 Å². The Hall–Kier alpha value is -1.94. The molecule has 2 aromatic rings. The third kappa shape index (κ3) is 4.33. The van der Waals surface area contributed by atoms with Crippen LogP contribution < -0.4 is 4.43 Å². The number of benzene rings is 1. The third-order valence-electron chi connectivity index (χ3n) is 2.49. The van der Waals surface area contributed by atoms with Crippen LogP contribution in [-0.2, 0) is 6.54 Å². The number of para-hydroxylation sites is 1. The lowest BCUT2D eigenvalue weighted by atomic mass is 10.2. The molecular weight excluding hydrogens is 252 g/mol. The van der Waals surface area contributed by atoms with Crippen LogP contribution >= 0.6 is 0 Å². The molecule has 3 nitrogen and oxygen atoms in total. The fraction of sp³-hybridized carbons (Fsp3) is 0.200. The van der Waals surface area contributed by atoms with Crippen molar-refractivity contribution in [3.8, 4) is 5.75 Å². The molecule has 0 aliphatic rings. The van der Waals surface area contributed by atoms with Crippen molar-refractivity contribution in [3.63, 3.8) is 0 Å². The van der Waals surface area contributed by atoms with Crippen molar-refractivity contribution in [2.45, 2.75) is 19.6 Å². The van der Waals surface area contributed by atoms with Gasteiger partial charge in [-0.15, -0.1) is 0 Å². The number of rotatable bonds is 5. The largest absolute Gasteiger partial charge is 0.542 e. The maximum Gasteiger partial charge on any atom is 0.274 e. The van der Waals surface area contributed by atoms with E-state index >= 15 is 0 Å². The first-order valence-corrected chi connectivity index (χ1v) is 8.62. The fourth-order valence-electron chi connectivity index (χ4n) is 1.65. The van der Waals surface area contributed by atoms with Crippen molar-refractivity contribution in [2.75, 3.05) is 0 Å². The monoisotopic (exact) mass is 269 g/mol. The molecule has 0 unspecified atom stereocenters. The van der Waals surface area contributed by atoms with Crippen LogP contribution in [0.1, 0.15) is 11.1 Å². The van der Waals surface area contributed by atoms with Gasteiger partial charge in [0.05, 0.1) is 6.54 Å². The smallest absolute Gasteiger partial charge is 0.274 e. The minimum atomic E-state index is -0.745. The van der Waals surface area contributed by atoms with Gasteiger partial charge in [-0.05, 0) is 36.9 Å². The number of aliphatic imine (C=N–C) groups is 1. The Morgan fingerprint density at radius 3 is 2.63 bits per heavy atom. The highest BCUT2D eigenvalue weighted by Gasteiger charge is 2.05. The Kier molecular flexibility index (Phi) is 4.86. The molecule has 1 radical (unpaired) electrons. The summed E-state index contributed by atoms with van der Waals surface area (Å²) in [6.07, 6.45) is 5.39. The first-order chi connectivity index (χ1) is 9.25. The number of pyridine rings is 1. The molecule has 0 aliphatic carbocycles. The van der Waals surface area contributed by atoms with Gasteiger partial charge in [0.15, 0.2) is 0 Å². The van der Waals surface area contributed by atoms with Crippen molar-refractivity contribution in [2.24, 2.45) is 4.99 Å². The minimum Gasteiger partial charge on any atom is -0.542 e. The van der Waals surface area contributed by atoms with Crippen LogP contribution in [-0.4, -0.2) is 20.2 Å². The quantitative estimate of drug-likeness (QED) is 0.616. The molecule has 97 valence electrons. The van der Waals surface area contributed by atoms with E-state index in [1.165, 1.54) is 0 Å². The molecule has 1 aromatic heterocycles. The SMILES string of the molecule is C[Si](C)Oc1ccccc1CN=Cc1ccncc1. The van der Waals surface area contributed by atoms with Gasteiger partial charge in [-0.2, -0.15) is 0 Å². The van der Waals surface area contributed by atoms with E-state index in [-0.39, 0.29) is 0 Å². The average Bonchev–Trinajstić information content (AvgIpc) is 2.41. The van der Waals surface area contributed by atoms with E-state index in [0.29, 0.717) is 6.54 Å². The van der Waals surface area contributed by atoms with Crippen molar-refractivity contribution < 1.29 is 4.43 Å². The van der Waals surface area contributed by atoms with Gasteiger partial charge in [0, 0.05) is 24.2 Å². The topological polar surface area (TPSA) is 34.5 Å². The zero-order chi connectivity index (χ0) is 13.5. The summed E-state index contributed by atoms with van der Waals surface area (Å²) in [6.45, 7) is 4.89. The lowest BCUT2D eigenvalue weighted by Crippen LogP contribution is -2.12. The summed E-state index contributed by atoms with van der Waals surface area (Å²) in [5.41, 5.74) is 2.18. The van der Waals surface area contributed by atoms with Gasteiger partial charge in [-0.3, -0.25) is 9.98 Å². The van der Waals surface area contributed by atoms with Crippen LogP contribution in [0.4, 0.5) is 0 Å². The van der Waals surface area contributed by atoms with Crippen LogP contribution in [0.5, 0.6) is 5.75 Å². The highest BCUT2D eigenvalue weighted by atomic mass is 28.3. The Bertz CT molecular complexity index is 541. The van der Waals surface area contributed by atoms with Gasteiger partial charge in [0.25, 0.3) is 9.04 Å². The maximum atomic E-state index is 5.87. The molecule has 0 fully saturated rings. The lowest BCUT2D eigenvalue weighted by Gasteiger charge is -2.11. The van der Waals surface area contributed by atoms with Gasteiger partial charge in [0.2, 0.25) is 0 Å². The fourth-order valence-corrected chi connectivity index (χ4v) is 2.29. The normalized spacial score (nSPS) is 11.1. The summed E-state index contributed by atoms with van der Waals surface area (Å²) < 4.78 is 5.87. The minimum absolute atomic E-state index is 0.633. The van der Waals surface area contributed by atoms with Gasteiger partial charge >= 0.3 is 0 Å². The molecule has 2 rings (SSSR count). The predicted octanol–water partition coefficient (Wildman–Crippen LogP) is 3.33. The molecule has 0 saturated heterocycles. The van der Waals surface area contributed by atoms with E-state index in [1.54, 1.807) is 12.4 Å². The molecule has 1 aromatic carbocycles. The Morgan fingerprint density at radius 1 is 1.16 bits per heavy atom. The van der Waals surface area contributed by atoms with Crippen molar-refractivity contribution in [1.29, 1.82) is 0 Å². The summed E-state index contributed by atoms with van der Waals surface area (Å²) >= 11 is 0. The molecule has 0 aliphatic heterocycles. The molecule has 1 heterocycles. The van der Waals surface area contributed by atoms with E-state index in [2.05, 4.69) is 29.1 Å². The molecule has 0 N–H and O–H groups in total. The molecule has 19 heavy (non-hydrogen) atoms. The molecule has 4 heteroatoms. The summed E-state index contributed by atoms with van der Waals surface area (Å²) in [5.74, 6) is 0.952. The second kappa shape index (κ2) is 6.85. The van der Waals surface area contributed by atoms with Gasteiger partial charge in [-0.1, -0.05) is 18.2 Å². The first-order valence-electron chi connectivity index (χ1n) is 6.21. The lowest BCUT2D eigenvalue weighted by molar-refractivity contribution is 0.572. The number of aromatic nitrogens is 1. The van der Waals surface area contributed by atoms with E-state index in [1.807, 2.05) is 36.5 Å². The predicted molar refractivity (Wildman–Crippen MR) is 80.1 cm³/mol. The molecule has 0 saturated carbocycles. The Morgan fingerprint density at radius 2 is 1.89 bits per heavy atom. The molecule has 0 amide bonds. The maximum absolute atomic E-state index is 5.87. The highest BCUT2D eigenvalue weighted by Crippen LogP contribution is 2.19. The highest BCUT2D eigenvalue weighted by molar-refractivity contribution is 6.49. The second-order valence-electron chi connectivity index (χ2n) is 4.37. The third-order valence-corrected chi connectivity index (χ3v) is 3.12. The second-order valence-corrected chi connectivity index (χ2v) is 6.39. The van der Waals surface area contributed by atoms with Crippen molar-refractivity contribution in [3.05, 3.63) is 59.9 Å². The zero-order valence-corrected chi connectivity index (χ0v) is 12.2. The molecule has 0 atom stereocenters. The van der Waals surface area contributed by atoms with Crippen LogP contribution in [0, 0.1) is 0 Å². The van der Waals surface area contributed by atoms with Crippen molar-refractivity contribution >= 4 is 15.3 Å². The standard InChI is InChI=1S/C15H17N2OSi/c1-19(2)18-15-6-4-3-5-14(15)12-17-11-13-7-9-16-10-8-13/h3-11H,12H2,1-2H3. The Balaban J connectivity index is 2.05. The van der Waals surface area contributed by atoms with E-state index in [4.69, 9.17) is 4.43 Å². The average molecular weight is 269 g/mol. The summed E-state index contributed by atoms with van der Waals surface area (Å²) in [5, 5.41) is 0. The van der Waals surface area contributed by atoms with Crippen molar-refractivity contribution in [1.82, 2.24) is 4.98 Å². The van der Waals surface area contributed by atoms with Gasteiger partial charge < -0.3 is 4.43 Å². The molecular formula is C15H17N2OSi. The molecule has 0 spiro atoms. The van der Waals surface area contributed by atoms with Gasteiger partial charge in [-0.25, -0.2) is 0 Å². The summed E-state index contributed by atoms with van der Waals surface area (Å²) in [7, 11) is -0.745. The first kappa shape index (κ1) is 13.5. The number of nitrogens with zero attached hydrogens (tertiary/aromatic N) is 2. The van der Waals surface area contributed by atoms with Crippen LogP contribution in [0.25, 0.3) is 0 Å². The summed E-state index contributed by atoms with van der Waals surface area (Å²) in [6, 6.07) is 12.0. The van der Waals surface area contributed by atoms with E-state index in [9.17, 15) is 0 Å². The van der Waals surface area contributed by atoms with Crippen LogP contribution in [0.15, 0.2) is 53.8 Å². The zero-order valence-electron chi connectivity index (χ0n) is 11.2. The summed E-state index contributed by atoms with van der Waals surface area (Å²) in [4.78, 5) is 8.44.